The number of anilines is 4. The lowest BCUT2D eigenvalue weighted by Gasteiger charge is -2.25. The van der Waals surface area contributed by atoms with Crippen molar-refractivity contribution in [1.29, 1.82) is 0 Å². The van der Waals surface area contributed by atoms with E-state index in [2.05, 4.69) is 74.3 Å². The molecule has 172 valence electrons. The number of para-hydroxylation sites is 1. The van der Waals surface area contributed by atoms with Gasteiger partial charge >= 0.3 is 0 Å². The fourth-order valence-corrected chi connectivity index (χ4v) is 3.79. The SMILES string of the molecule is CNc1cc(Nc2cc(-n3ccc4ccccc43)ncn2)c(OC)cc1N(C)CCN(C)C. The van der Waals surface area contributed by atoms with Gasteiger partial charge in [0.05, 0.1) is 29.7 Å². The summed E-state index contributed by atoms with van der Waals surface area (Å²) in [6.07, 6.45) is 3.59. The molecule has 0 fully saturated rings. The van der Waals surface area contributed by atoms with E-state index < -0.39 is 0 Å². The number of hydrogen-bond donors (Lipinski definition) is 2. The highest BCUT2D eigenvalue weighted by molar-refractivity contribution is 5.82. The lowest BCUT2D eigenvalue weighted by atomic mass is 10.2. The average Bonchev–Trinajstić information content (AvgIpc) is 3.26. The average molecular weight is 446 g/mol. The fraction of sp³-hybridized carbons (Fsp3) is 0.280. The summed E-state index contributed by atoms with van der Waals surface area (Å²) < 4.78 is 7.77. The van der Waals surface area contributed by atoms with Gasteiger partial charge in [-0.15, -0.1) is 0 Å². The van der Waals surface area contributed by atoms with Crippen molar-refractivity contribution in [3.05, 3.63) is 61.1 Å². The number of likely N-dealkylation sites (N-methyl/N-ethyl adjacent to an activating group) is 2. The van der Waals surface area contributed by atoms with Gasteiger partial charge in [0.25, 0.3) is 0 Å². The first-order chi connectivity index (χ1) is 16.0. The fourth-order valence-electron chi connectivity index (χ4n) is 3.79. The number of methoxy groups -OCH3 is 1. The van der Waals surface area contributed by atoms with Crippen molar-refractivity contribution in [3.63, 3.8) is 0 Å². The topological polar surface area (TPSA) is 70.5 Å². The third-order valence-corrected chi connectivity index (χ3v) is 5.64. The predicted molar refractivity (Wildman–Crippen MR) is 137 cm³/mol. The highest BCUT2D eigenvalue weighted by Gasteiger charge is 2.15. The van der Waals surface area contributed by atoms with Gasteiger partial charge in [-0.05, 0) is 37.7 Å². The van der Waals surface area contributed by atoms with E-state index in [1.165, 1.54) is 5.39 Å². The monoisotopic (exact) mass is 445 g/mol. The van der Waals surface area contributed by atoms with Crippen LogP contribution in [-0.2, 0) is 0 Å². The molecule has 33 heavy (non-hydrogen) atoms. The van der Waals surface area contributed by atoms with E-state index >= 15 is 0 Å². The van der Waals surface area contributed by atoms with E-state index in [9.17, 15) is 0 Å². The summed E-state index contributed by atoms with van der Waals surface area (Å²) in [5, 5.41) is 7.88. The molecule has 0 unspecified atom stereocenters. The Morgan fingerprint density at radius 2 is 1.79 bits per heavy atom. The predicted octanol–water partition coefficient (Wildman–Crippen LogP) is 4.21. The number of fused-ring (bicyclic) bond motifs is 1. The minimum absolute atomic E-state index is 0.687. The molecule has 4 rings (SSSR count). The van der Waals surface area contributed by atoms with Crippen molar-refractivity contribution < 1.29 is 4.74 Å². The summed E-state index contributed by atoms with van der Waals surface area (Å²) in [6.45, 7) is 1.86. The molecule has 2 aromatic heterocycles. The second-order valence-electron chi connectivity index (χ2n) is 8.18. The standard InChI is InChI=1S/C25H31N7O/c1-26-19-14-20(23(33-5)15-22(19)31(4)13-12-30(2)3)29-24-16-25(28-17-27-24)32-11-10-18-8-6-7-9-21(18)32/h6-11,14-17,26H,12-13H2,1-5H3,(H,27,28,29). The first-order valence-electron chi connectivity index (χ1n) is 10.9. The molecule has 0 spiro atoms. The number of nitrogens with one attached hydrogen (secondary N) is 2. The van der Waals surface area contributed by atoms with Crippen LogP contribution < -0.4 is 20.3 Å². The minimum Gasteiger partial charge on any atom is -0.494 e. The third kappa shape index (κ3) is 4.85. The van der Waals surface area contributed by atoms with E-state index in [0.29, 0.717) is 5.82 Å². The van der Waals surface area contributed by atoms with Gasteiger partial charge in [-0.1, -0.05) is 18.2 Å². The van der Waals surface area contributed by atoms with E-state index in [1.807, 2.05) is 43.6 Å². The van der Waals surface area contributed by atoms with Gasteiger partial charge in [-0.3, -0.25) is 0 Å². The van der Waals surface area contributed by atoms with Gasteiger partial charge < -0.3 is 29.7 Å². The Labute approximate surface area is 194 Å². The van der Waals surface area contributed by atoms with Crippen molar-refractivity contribution in [2.24, 2.45) is 0 Å². The van der Waals surface area contributed by atoms with Crippen molar-refractivity contribution >= 4 is 33.8 Å². The van der Waals surface area contributed by atoms with Crippen LogP contribution >= 0.6 is 0 Å². The maximum absolute atomic E-state index is 5.72. The Morgan fingerprint density at radius 1 is 0.970 bits per heavy atom. The molecule has 4 aromatic rings. The highest BCUT2D eigenvalue weighted by Crippen LogP contribution is 2.37. The van der Waals surface area contributed by atoms with Crippen LogP contribution in [0.2, 0.25) is 0 Å². The van der Waals surface area contributed by atoms with E-state index in [-0.39, 0.29) is 0 Å². The van der Waals surface area contributed by atoms with Gasteiger partial charge in [0, 0.05) is 45.5 Å². The first-order valence-corrected chi connectivity index (χ1v) is 10.9. The molecule has 0 radical (unpaired) electrons. The molecule has 0 saturated carbocycles. The van der Waals surface area contributed by atoms with Gasteiger partial charge in [0.1, 0.15) is 23.7 Å². The van der Waals surface area contributed by atoms with E-state index in [1.54, 1.807) is 13.4 Å². The minimum atomic E-state index is 0.687. The van der Waals surface area contributed by atoms with Gasteiger partial charge in [0.15, 0.2) is 0 Å². The Kier molecular flexibility index (Phi) is 6.65. The summed E-state index contributed by atoms with van der Waals surface area (Å²) in [7, 11) is 9.85. The molecule has 0 aliphatic rings. The van der Waals surface area contributed by atoms with Crippen molar-refractivity contribution in [2.45, 2.75) is 0 Å². The highest BCUT2D eigenvalue weighted by atomic mass is 16.5. The number of aromatic nitrogens is 3. The first kappa shape index (κ1) is 22.4. The lowest BCUT2D eigenvalue weighted by Crippen LogP contribution is -2.29. The van der Waals surface area contributed by atoms with Crippen LogP contribution in [0, 0.1) is 0 Å². The zero-order chi connectivity index (χ0) is 23.4. The Morgan fingerprint density at radius 3 is 2.55 bits per heavy atom. The zero-order valence-electron chi connectivity index (χ0n) is 19.8. The maximum Gasteiger partial charge on any atom is 0.144 e. The molecule has 2 aromatic carbocycles. The summed E-state index contributed by atoms with van der Waals surface area (Å²) in [6, 6.07) is 16.3. The molecule has 0 saturated heterocycles. The van der Waals surface area contributed by atoms with Crippen molar-refractivity contribution in [1.82, 2.24) is 19.4 Å². The molecule has 0 bridgehead atoms. The van der Waals surface area contributed by atoms with Crippen molar-refractivity contribution in [2.75, 3.05) is 63.9 Å². The maximum atomic E-state index is 5.72. The second kappa shape index (κ2) is 9.79. The van der Waals surface area contributed by atoms with Crippen LogP contribution in [-0.4, -0.2) is 67.8 Å². The zero-order valence-corrected chi connectivity index (χ0v) is 19.8. The number of nitrogens with zero attached hydrogens (tertiary/aromatic N) is 5. The molecule has 8 heteroatoms. The molecule has 0 amide bonds. The molecule has 0 atom stereocenters. The number of ether oxygens (including phenoxy) is 1. The third-order valence-electron chi connectivity index (χ3n) is 5.64. The quantitative estimate of drug-likeness (QED) is 0.400. The molecule has 2 N–H and O–H groups in total. The Hall–Kier alpha value is -3.78. The van der Waals surface area contributed by atoms with Crippen LogP contribution in [0.3, 0.4) is 0 Å². The van der Waals surface area contributed by atoms with Gasteiger partial charge in [-0.2, -0.15) is 0 Å². The molecule has 0 aliphatic carbocycles. The van der Waals surface area contributed by atoms with Crippen molar-refractivity contribution in [3.8, 4) is 11.6 Å². The largest absolute Gasteiger partial charge is 0.494 e. The summed E-state index contributed by atoms with van der Waals surface area (Å²) in [4.78, 5) is 13.3. The molecular formula is C25H31N7O. The smallest absolute Gasteiger partial charge is 0.144 e. The molecule has 2 heterocycles. The second-order valence-corrected chi connectivity index (χ2v) is 8.18. The van der Waals surface area contributed by atoms with E-state index in [0.717, 1.165) is 47.2 Å². The van der Waals surface area contributed by atoms with Crippen LogP contribution in [0.4, 0.5) is 22.9 Å². The van der Waals surface area contributed by atoms with Gasteiger partial charge in [-0.25, -0.2) is 9.97 Å². The van der Waals surface area contributed by atoms with Crippen LogP contribution in [0.1, 0.15) is 0 Å². The molecular weight excluding hydrogens is 414 g/mol. The number of benzene rings is 2. The van der Waals surface area contributed by atoms with Gasteiger partial charge in [0.2, 0.25) is 0 Å². The normalized spacial score (nSPS) is 11.1. The lowest BCUT2D eigenvalue weighted by molar-refractivity contribution is 0.413. The summed E-state index contributed by atoms with van der Waals surface area (Å²) in [5.74, 6) is 2.22. The number of rotatable bonds is 9. The van der Waals surface area contributed by atoms with Crippen LogP contribution in [0.5, 0.6) is 5.75 Å². The number of hydrogen-bond acceptors (Lipinski definition) is 7. The Balaban J connectivity index is 1.64. The van der Waals surface area contributed by atoms with Crippen LogP contribution in [0.25, 0.3) is 16.7 Å². The van der Waals surface area contributed by atoms with Crippen LogP contribution in [0.15, 0.2) is 61.1 Å². The summed E-state index contributed by atoms with van der Waals surface area (Å²) in [5.41, 5.74) is 4.00. The Bertz CT molecular complexity index is 1230. The summed E-state index contributed by atoms with van der Waals surface area (Å²) >= 11 is 0. The molecule has 8 nitrogen and oxygen atoms in total. The molecule has 0 aliphatic heterocycles. The van der Waals surface area contributed by atoms with E-state index in [4.69, 9.17) is 4.74 Å².